The molecule has 0 saturated carbocycles. The zero-order valence-corrected chi connectivity index (χ0v) is 17.5. The Hall–Kier alpha value is -2.57. The van der Waals surface area contributed by atoms with Crippen molar-refractivity contribution >= 4 is 23.5 Å². The number of para-hydroxylation sites is 1. The number of likely N-dealkylation sites (tertiary alicyclic amines) is 1. The lowest BCUT2D eigenvalue weighted by atomic mass is 9.97. The molecule has 1 aromatic rings. The highest BCUT2D eigenvalue weighted by Gasteiger charge is 2.27. The number of hydrogen-bond acceptors (Lipinski definition) is 4. The van der Waals surface area contributed by atoms with Gasteiger partial charge < -0.3 is 19.9 Å². The van der Waals surface area contributed by atoms with E-state index in [4.69, 9.17) is 4.74 Å². The van der Waals surface area contributed by atoms with Crippen LogP contribution in [0.2, 0.25) is 0 Å². The number of esters is 1. The number of amides is 1. The van der Waals surface area contributed by atoms with Crippen LogP contribution in [0.4, 0.5) is 5.69 Å². The van der Waals surface area contributed by atoms with Gasteiger partial charge in [-0.2, -0.15) is 0 Å². The first-order valence-electron chi connectivity index (χ1n) is 10.6. The van der Waals surface area contributed by atoms with Crippen molar-refractivity contribution < 1.29 is 14.3 Å². The van der Waals surface area contributed by atoms with E-state index in [1.165, 1.54) is 5.56 Å². The van der Waals surface area contributed by atoms with E-state index in [9.17, 15) is 9.59 Å². The molecule has 0 aliphatic carbocycles. The van der Waals surface area contributed by atoms with Gasteiger partial charge >= 0.3 is 5.97 Å². The lowest BCUT2D eigenvalue weighted by Crippen LogP contribution is -2.47. The van der Waals surface area contributed by atoms with Crippen molar-refractivity contribution in [2.45, 2.75) is 39.0 Å². The van der Waals surface area contributed by atoms with E-state index in [0.29, 0.717) is 19.6 Å². The molecule has 3 rings (SSSR count). The van der Waals surface area contributed by atoms with Crippen LogP contribution in [0.15, 0.2) is 29.3 Å². The second-order valence-electron chi connectivity index (χ2n) is 7.52. The highest BCUT2D eigenvalue weighted by molar-refractivity contribution is 5.95. The number of piperidine rings is 1. The van der Waals surface area contributed by atoms with Crippen LogP contribution in [0.3, 0.4) is 0 Å². The van der Waals surface area contributed by atoms with E-state index in [1.807, 2.05) is 30.0 Å². The number of nitrogens with one attached hydrogen (secondary N) is 1. The molecule has 0 bridgehead atoms. The molecule has 2 heterocycles. The Morgan fingerprint density at radius 3 is 2.69 bits per heavy atom. The van der Waals surface area contributed by atoms with Crippen molar-refractivity contribution in [2.24, 2.45) is 10.9 Å². The van der Waals surface area contributed by atoms with Crippen LogP contribution in [0.25, 0.3) is 0 Å². The Morgan fingerprint density at radius 2 is 1.97 bits per heavy atom. The minimum Gasteiger partial charge on any atom is -0.466 e. The van der Waals surface area contributed by atoms with E-state index in [-0.39, 0.29) is 17.8 Å². The molecular formula is C22H32N4O3. The Bertz CT molecular complexity index is 741. The molecule has 0 spiro atoms. The Morgan fingerprint density at radius 1 is 1.21 bits per heavy atom. The molecule has 0 radical (unpaired) electrons. The first-order chi connectivity index (χ1) is 14.1. The van der Waals surface area contributed by atoms with Gasteiger partial charge in [0.25, 0.3) is 0 Å². The number of fused-ring (bicyclic) bond motifs is 1. The zero-order valence-electron chi connectivity index (χ0n) is 17.5. The van der Waals surface area contributed by atoms with Crippen LogP contribution < -0.4 is 10.2 Å². The maximum absolute atomic E-state index is 12.6. The summed E-state index contributed by atoms with van der Waals surface area (Å²) in [6, 6.07) is 8.14. The fourth-order valence-electron chi connectivity index (χ4n) is 4.09. The molecule has 7 nitrogen and oxygen atoms in total. The van der Waals surface area contributed by atoms with Crippen molar-refractivity contribution in [3.63, 3.8) is 0 Å². The van der Waals surface area contributed by atoms with Crippen LogP contribution >= 0.6 is 0 Å². The summed E-state index contributed by atoms with van der Waals surface area (Å²) in [7, 11) is 1.77. The smallest absolute Gasteiger partial charge is 0.309 e. The number of aliphatic imine (C=N–C) groups is 1. The van der Waals surface area contributed by atoms with E-state index < -0.39 is 0 Å². The molecule has 158 valence electrons. The number of hydrogen-bond donors (Lipinski definition) is 1. The fourth-order valence-corrected chi connectivity index (χ4v) is 4.09. The fraction of sp³-hybridized carbons (Fsp3) is 0.591. The van der Waals surface area contributed by atoms with Crippen molar-refractivity contribution in [1.29, 1.82) is 0 Å². The Labute approximate surface area is 173 Å². The van der Waals surface area contributed by atoms with Crippen LogP contribution in [0.1, 0.15) is 38.2 Å². The van der Waals surface area contributed by atoms with Gasteiger partial charge in [0.1, 0.15) is 0 Å². The third-order valence-corrected chi connectivity index (χ3v) is 5.66. The van der Waals surface area contributed by atoms with Gasteiger partial charge in [-0.05, 0) is 44.2 Å². The van der Waals surface area contributed by atoms with Gasteiger partial charge in [-0.25, -0.2) is 0 Å². The number of nitrogens with zero attached hydrogens (tertiary/aromatic N) is 3. The predicted octanol–water partition coefficient (Wildman–Crippen LogP) is 2.21. The third-order valence-electron chi connectivity index (χ3n) is 5.66. The summed E-state index contributed by atoms with van der Waals surface area (Å²) in [5, 5.41) is 3.36. The summed E-state index contributed by atoms with van der Waals surface area (Å²) in [5.74, 6) is 0.927. The number of carbonyl (C=O) groups is 2. The van der Waals surface area contributed by atoms with Crippen molar-refractivity contribution in [1.82, 2.24) is 10.2 Å². The van der Waals surface area contributed by atoms with Gasteiger partial charge in [0.2, 0.25) is 5.91 Å². The lowest BCUT2D eigenvalue weighted by molar-refractivity contribution is -0.149. The molecule has 0 aromatic heterocycles. The van der Waals surface area contributed by atoms with Crippen molar-refractivity contribution in [2.75, 3.05) is 44.7 Å². The summed E-state index contributed by atoms with van der Waals surface area (Å²) in [4.78, 5) is 32.9. The molecule has 29 heavy (non-hydrogen) atoms. The topological polar surface area (TPSA) is 74.2 Å². The SMILES string of the molecule is CCOC(=O)C1CCN(C(=NC)NCCCC(=O)N2CCc3ccccc32)CC1. The van der Waals surface area contributed by atoms with Gasteiger partial charge in [-0.3, -0.25) is 14.6 Å². The molecule has 1 N–H and O–H groups in total. The van der Waals surface area contributed by atoms with Gasteiger partial charge in [-0.1, -0.05) is 18.2 Å². The first kappa shape index (κ1) is 21.1. The van der Waals surface area contributed by atoms with Crippen LogP contribution in [-0.2, 0) is 20.7 Å². The van der Waals surface area contributed by atoms with E-state index >= 15 is 0 Å². The summed E-state index contributed by atoms with van der Waals surface area (Å²) in [6.07, 6.45) is 3.78. The normalized spacial score (nSPS) is 17.2. The summed E-state index contributed by atoms with van der Waals surface area (Å²) in [5.41, 5.74) is 2.32. The minimum atomic E-state index is -0.0860. The second-order valence-corrected chi connectivity index (χ2v) is 7.52. The van der Waals surface area contributed by atoms with Gasteiger partial charge in [0.05, 0.1) is 12.5 Å². The number of carbonyl (C=O) groups excluding carboxylic acids is 2. The summed E-state index contributed by atoms with van der Waals surface area (Å²) in [6.45, 7) is 5.32. The minimum absolute atomic E-state index is 0.00901. The van der Waals surface area contributed by atoms with E-state index in [1.54, 1.807) is 7.05 Å². The van der Waals surface area contributed by atoms with Gasteiger partial charge in [0.15, 0.2) is 5.96 Å². The molecule has 1 amide bonds. The predicted molar refractivity (Wildman–Crippen MR) is 114 cm³/mol. The Kier molecular flexibility index (Phi) is 7.49. The second kappa shape index (κ2) is 10.3. The van der Waals surface area contributed by atoms with E-state index in [0.717, 1.165) is 57.0 Å². The summed E-state index contributed by atoms with van der Waals surface area (Å²) >= 11 is 0. The molecule has 0 unspecified atom stereocenters. The number of anilines is 1. The van der Waals surface area contributed by atoms with Crippen LogP contribution in [0, 0.1) is 5.92 Å². The number of rotatable bonds is 6. The highest BCUT2D eigenvalue weighted by atomic mass is 16.5. The van der Waals surface area contributed by atoms with Crippen LogP contribution in [-0.4, -0.2) is 62.6 Å². The van der Waals surface area contributed by atoms with Gasteiger partial charge in [-0.15, -0.1) is 0 Å². The maximum atomic E-state index is 12.6. The average Bonchev–Trinajstić information content (AvgIpc) is 3.18. The average molecular weight is 401 g/mol. The zero-order chi connectivity index (χ0) is 20.6. The molecule has 1 fully saturated rings. The number of benzene rings is 1. The summed E-state index contributed by atoms with van der Waals surface area (Å²) < 4.78 is 5.13. The Balaban J connectivity index is 1.39. The maximum Gasteiger partial charge on any atom is 0.309 e. The largest absolute Gasteiger partial charge is 0.466 e. The lowest BCUT2D eigenvalue weighted by Gasteiger charge is -2.33. The molecular weight excluding hydrogens is 368 g/mol. The third kappa shape index (κ3) is 5.28. The van der Waals surface area contributed by atoms with E-state index in [2.05, 4.69) is 21.3 Å². The number of ether oxygens (including phenoxy) is 1. The first-order valence-corrected chi connectivity index (χ1v) is 10.6. The molecule has 1 saturated heterocycles. The van der Waals surface area contributed by atoms with Crippen molar-refractivity contribution in [3.05, 3.63) is 29.8 Å². The molecule has 0 atom stereocenters. The standard InChI is InChI=1S/C22H32N4O3/c1-3-29-21(28)18-10-14-25(15-11-18)22(23-2)24-13-6-9-20(27)26-16-12-17-7-4-5-8-19(17)26/h4-5,7-8,18H,3,6,9-16H2,1-2H3,(H,23,24). The van der Waals surface area contributed by atoms with Crippen LogP contribution in [0.5, 0.6) is 0 Å². The molecule has 1 aromatic carbocycles. The highest BCUT2D eigenvalue weighted by Crippen LogP contribution is 2.28. The molecule has 2 aliphatic rings. The van der Waals surface area contributed by atoms with Crippen molar-refractivity contribution in [3.8, 4) is 0 Å². The molecule has 2 aliphatic heterocycles. The molecule has 7 heteroatoms. The number of guanidine groups is 1. The quantitative estimate of drug-likeness (QED) is 0.343. The monoisotopic (exact) mass is 400 g/mol. The van der Waals surface area contributed by atoms with Gasteiger partial charge in [0, 0.05) is 45.3 Å².